The molecule has 0 amide bonds. The molecule has 0 spiro atoms. The van der Waals surface area contributed by atoms with Gasteiger partial charge >= 0.3 is 0 Å². The van der Waals surface area contributed by atoms with Crippen LogP contribution in [0.2, 0.25) is 0 Å². The maximum atomic E-state index is 5.48. The van der Waals surface area contributed by atoms with Crippen LogP contribution in [0.15, 0.2) is 128 Å². The average Bonchev–Trinajstić information content (AvgIpc) is 3.23. The van der Waals surface area contributed by atoms with E-state index in [0.717, 1.165) is 97.3 Å². The van der Waals surface area contributed by atoms with Crippen LogP contribution in [0.3, 0.4) is 0 Å². The predicted molar refractivity (Wildman–Crippen MR) is 233 cm³/mol. The Balaban J connectivity index is -0.000000118. The first-order valence-electron chi connectivity index (χ1n) is 19.1. The van der Waals surface area contributed by atoms with Crippen molar-refractivity contribution in [2.45, 2.75) is 110 Å². The SMILES string of the molecule is C1=COCCC1.C1=COCCC1.C1COC2CC[C@@H]2C1.C=C.C=C.C=C.C=C.C=CCCCOC=C.C=CCCCOCC.C=CCCCOCC. The lowest BCUT2D eigenvalue weighted by Gasteiger charge is -2.40. The van der Waals surface area contributed by atoms with E-state index in [2.05, 4.69) is 78.9 Å². The maximum Gasteiger partial charge on any atom is 0.0876 e. The standard InChI is InChI=1S/C7H12O.2C7H14O.C7H12O.2C5H8O.4C2H4/c1-2-6-3-4-7(6)8-5-1;3*1-3-5-6-7-8-4-2;2*1-2-4-6-5-3-1;4*1-2/h6-7H,1-5H2;2*3H,1,4-7H2,2H3;3-4H,1-2,5-7H2;2*2,4H,1,3,5H2;4*1-2H2/t6-,7?;;;;;;;;;/m0........./s1. The van der Waals surface area contributed by atoms with Crippen LogP contribution in [0, 0.1) is 5.92 Å². The molecule has 0 aromatic carbocycles. The number of hydrogen-bond donors (Lipinski definition) is 0. The van der Waals surface area contributed by atoms with Gasteiger partial charge in [0.1, 0.15) is 0 Å². The molecule has 0 aromatic rings. The molecule has 1 saturated carbocycles. The quantitative estimate of drug-likeness (QED) is 0.0949. The van der Waals surface area contributed by atoms with E-state index in [1.807, 2.05) is 44.2 Å². The van der Waals surface area contributed by atoms with Crippen LogP contribution in [0.25, 0.3) is 0 Å². The Hall–Kier alpha value is -3.32. The highest BCUT2D eigenvalue weighted by molar-refractivity contribution is 4.83. The van der Waals surface area contributed by atoms with Crippen molar-refractivity contribution >= 4 is 0 Å². The molecule has 2 fully saturated rings. The first-order valence-corrected chi connectivity index (χ1v) is 19.1. The monoisotopic (exact) mass is 733 g/mol. The summed E-state index contributed by atoms with van der Waals surface area (Å²) in [6.07, 6.45) is 32.2. The third kappa shape index (κ3) is 61.9. The number of unbranched alkanes of at least 4 members (excludes halogenated alkanes) is 3. The van der Waals surface area contributed by atoms with Crippen molar-refractivity contribution in [1.82, 2.24) is 0 Å². The van der Waals surface area contributed by atoms with Gasteiger partial charge in [0.15, 0.2) is 0 Å². The zero-order valence-corrected chi connectivity index (χ0v) is 34.3. The summed E-state index contributed by atoms with van der Waals surface area (Å²) in [5.74, 6) is 0.962. The first-order chi connectivity index (χ1) is 25.7. The third-order valence-corrected chi connectivity index (χ3v) is 6.64. The highest BCUT2D eigenvalue weighted by atomic mass is 16.5. The summed E-state index contributed by atoms with van der Waals surface area (Å²) in [6.45, 7) is 49.2. The van der Waals surface area contributed by atoms with E-state index in [0.29, 0.717) is 6.10 Å². The Bertz CT molecular complexity index is 640. The van der Waals surface area contributed by atoms with Gasteiger partial charge in [-0.15, -0.1) is 72.4 Å². The van der Waals surface area contributed by atoms with Crippen molar-refractivity contribution in [2.24, 2.45) is 5.92 Å². The summed E-state index contributed by atoms with van der Waals surface area (Å²) in [6, 6.07) is 0. The van der Waals surface area contributed by atoms with Crippen molar-refractivity contribution < 1.29 is 28.4 Å². The molecule has 1 unspecified atom stereocenters. The molecule has 0 radical (unpaired) electrons. The van der Waals surface area contributed by atoms with Crippen molar-refractivity contribution in [2.75, 3.05) is 52.9 Å². The van der Waals surface area contributed by atoms with Crippen LogP contribution in [0.5, 0.6) is 0 Å². The second-order valence-electron chi connectivity index (χ2n) is 10.4. The van der Waals surface area contributed by atoms with Crippen molar-refractivity contribution in [1.29, 1.82) is 0 Å². The summed E-state index contributed by atoms with van der Waals surface area (Å²) in [4.78, 5) is 0. The molecule has 1 saturated heterocycles. The molecule has 4 aliphatic rings. The lowest BCUT2D eigenvalue weighted by molar-refractivity contribution is -0.0821. The minimum Gasteiger partial charge on any atom is -0.502 e. The molecule has 6 heteroatoms. The number of ether oxygens (including phenoxy) is 6. The van der Waals surface area contributed by atoms with Crippen LogP contribution in [-0.2, 0) is 28.4 Å². The average molecular weight is 733 g/mol. The van der Waals surface area contributed by atoms with Crippen LogP contribution in [0.4, 0.5) is 0 Å². The molecule has 2 atom stereocenters. The lowest BCUT2D eigenvalue weighted by Crippen LogP contribution is -2.37. The minimum absolute atomic E-state index is 0.684. The number of allylic oxidation sites excluding steroid dienone is 5. The number of hydrogen-bond acceptors (Lipinski definition) is 6. The molecular weight excluding hydrogens is 649 g/mol. The van der Waals surface area contributed by atoms with Gasteiger partial charge in [0.2, 0.25) is 0 Å². The van der Waals surface area contributed by atoms with E-state index in [1.54, 1.807) is 12.5 Å². The highest BCUT2D eigenvalue weighted by Gasteiger charge is 2.33. The molecule has 0 aromatic heterocycles. The van der Waals surface area contributed by atoms with E-state index >= 15 is 0 Å². The molecule has 52 heavy (non-hydrogen) atoms. The molecule has 4 rings (SSSR count). The van der Waals surface area contributed by atoms with Crippen molar-refractivity contribution in [3.05, 3.63) is 128 Å². The fourth-order valence-electron chi connectivity index (χ4n) is 3.99. The third-order valence-electron chi connectivity index (χ3n) is 6.64. The predicted octanol–water partition coefficient (Wildman–Crippen LogP) is 13.5. The molecule has 1 aliphatic carbocycles. The Labute approximate surface area is 324 Å². The Morgan fingerprint density at radius 1 is 0.577 bits per heavy atom. The van der Waals surface area contributed by atoms with Gasteiger partial charge in [0, 0.05) is 33.0 Å². The zero-order chi connectivity index (χ0) is 40.6. The Kier molecular flexibility index (Phi) is 81.1. The molecular formula is C46H84O6. The Morgan fingerprint density at radius 2 is 1.02 bits per heavy atom. The van der Waals surface area contributed by atoms with Crippen LogP contribution < -0.4 is 0 Å². The first kappa shape index (κ1) is 60.8. The fraction of sp³-hybridized carbons (Fsp3) is 0.565. The van der Waals surface area contributed by atoms with E-state index < -0.39 is 0 Å². The summed E-state index contributed by atoms with van der Waals surface area (Å²) in [5.41, 5.74) is 0. The summed E-state index contributed by atoms with van der Waals surface area (Å²) in [7, 11) is 0. The largest absolute Gasteiger partial charge is 0.502 e. The van der Waals surface area contributed by atoms with Crippen molar-refractivity contribution in [3.8, 4) is 0 Å². The topological polar surface area (TPSA) is 55.4 Å². The van der Waals surface area contributed by atoms with Gasteiger partial charge in [-0.05, 0) is 122 Å². The van der Waals surface area contributed by atoms with Gasteiger partial charge in [-0.1, -0.05) is 24.8 Å². The maximum absolute atomic E-state index is 5.48. The van der Waals surface area contributed by atoms with E-state index in [1.165, 1.54) is 57.6 Å². The van der Waals surface area contributed by atoms with Gasteiger partial charge in [0.25, 0.3) is 0 Å². The van der Waals surface area contributed by atoms with Crippen LogP contribution >= 0.6 is 0 Å². The van der Waals surface area contributed by atoms with Crippen LogP contribution in [0.1, 0.15) is 104 Å². The van der Waals surface area contributed by atoms with Gasteiger partial charge in [-0.3, -0.25) is 0 Å². The van der Waals surface area contributed by atoms with Crippen LogP contribution in [-0.4, -0.2) is 59.0 Å². The van der Waals surface area contributed by atoms with Gasteiger partial charge < -0.3 is 28.4 Å². The fourth-order valence-corrected chi connectivity index (χ4v) is 3.99. The second-order valence-corrected chi connectivity index (χ2v) is 10.4. The van der Waals surface area contributed by atoms with E-state index in [-0.39, 0.29) is 0 Å². The molecule has 0 N–H and O–H groups in total. The molecule has 304 valence electrons. The minimum atomic E-state index is 0.684. The van der Waals surface area contributed by atoms with Gasteiger partial charge in [-0.25, -0.2) is 0 Å². The summed E-state index contributed by atoms with van der Waals surface area (Å²) >= 11 is 0. The molecule has 0 bridgehead atoms. The van der Waals surface area contributed by atoms with E-state index in [4.69, 9.17) is 28.4 Å². The molecule has 3 heterocycles. The second kappa shape index (κ2) is 69.4. The summed E-state index contributed by atoms with van der Waals surface area (Å²) < 4.78 is 30.3. The van der Waals surface area contributed by atoms with E-state index in [9.17, 15) is 0 Å². The van der Waals surface area contributed by atoms with Gasteiger partial charge in [-0.2, -0.15) is 0 Å². The smallest absolute Gasteiger partial charge is 0.0876 e. The molecule has 3 aliphatic heterocycles. The van der Waals surface area contributed by atoms with Gasteiger partial charge in [0.05, 0.1) is 44.7 Å². The summed E-state index contributed by atoms with van der Waals surface area (Å²) in [5, 5.41) is 0. The number of fused-ring (bicyclic) bond motifs is 1. The normalized spacial score (nSPS) is 15.9. The zero-order valence-electron chi connectivity index (χ0n) is 34.3. The Morgan fingerprint density at radius 3 is 1.23 bits per heavy atom. The lowest BCUT2D eigenvalue weighted by atomic mass is 9.77. The molecule has 6 nitrogen and oxygen atoms in total. The number of rotatable bonds is 15. The highest BCUT2D eigenvalue weighted by Crippen LogP contribution is 2.36. The van der Waals surface area contributed by atoms with Crippen molar-refractivity contribution in [3.63, 3.8) is 0 Å².